The van der Waals surface area contributed by atoms with Crippen molar-refractivity contribution in [2.75, 3.05) is 13.2 Å². The van der Waals surface area contributed by atoms with E-state index in [0.717, 1.165) is 5.56 Å². The summed E-state index contributed by atoms with van der Waals surface area (Å²) < 4.78 is 17.8. The van der Waals surface area contributed by atoms with Crippen molar-refractivity contribution in [3.05, 3.63) is 35.6 Å². The molecule has 1 heterocycles. The summed E-state index contributed by atoms with van der Waals surface area (Å²) in [6.07, 6.45) is 0.855. The quantitative estimate of drug-likeness (QED) is 0.848. The second-order valence-electron chi connectivity index (χ2n) is 4.86. The minimum Gasteiger partial charge on any atom is -0.479 e. The van der Waals surface area contributed by atoms with Gasteiger partial charge in [0.25, 0.3) is 0 Å². The second-order valence-corrected chi connectivity index (χ2v) is 4.86. The first-order valence-electron chi connectivity index (χ1n) is 6.38. The van der Waals surface area contributed by atoms with Crippen molar-refractivity contribution in [1.29, 1.82) is 0 Å². The molecular formula is C14H16FNO4. The Morgan fingerprint density at radius 3 is 2.60 bits per heavy atom. The number of hydrogen-bond acceptors (Lipinski definition) is 3. The zero-order valence-corrected chi connectivity index (χ0v) is 10.9. The van der Waals surface area contributed by atoms with Crippen molar-refractivity contribution < 1.29 is 23.8 Å². The predicted octanol–water partition coefficient (Wildman–Crippen LogP) is 1.12. The third-order valence-electron chi connectivity index (χ3n) is 3.36. The van der Waals surface area contributed by atoms with E-state index in [2.05, 4.69) is 5.32 Å². The summed E-state index contributed by atoms with van der Waals surface area (Å²) in [6.45, 7) is 0.315. The number of rotatable bonds is 5. The van der Waals surface area contributed by atoms with E-state index in [1.54, 1.807) is 12.1 Å². The molecule has 1 aromatic carbocycles. The molecule has 1 amide bonds. The number of hydrogen-bond donors (Lipinski definition) is 2. The van der Waals surface area contributed by atoms with Crippen molar-refractivity contribution >= 4 is 11.9 Å². The molecule has 108 valence electrons. The van der Waals surface area contributed by atoms with E-state index < -0.39 is 11.5 Å². The van der Waals surface area contributed by atoms with Gasteiger partial charge in [-0.05, 0) is 24.1 Å². The molecule has 1 aromatic rings. The summed E-state index contributed by atoms with van der Waals surface area (Å²) in [5.41, 5.74) is -0.478. The first-order valence-corrected chi connectivity index (χ1v) is 6.38. The Morgan fingerprint density at radius 2 is 2.05 bits per heavy atom. The van der Waals surface area contributed by atoms with Crippen LogP contribution >= 0.6 is 0 Å². The number of amides is 1. The maximum Gasteiger partial charge on any atom is 0.331 e. The highest BCUT2D eigenvalue weighted by atomic mass is 19.1. The van der Waals surface area contributed by atoms with Gasteiger partial charge in [-0.3, -0.25) is 4.79 Å². The van der Waals surface area contributed by atoms with Crippen LogP contribution < -0.4 is 5.32 Å². The highest BCUT2D eigenvalue weighted by Gasteiger charge is 2.43. The minimum atomic E-state index is -1.31. The second kappa shape index (κ2) is 6.00. The van der Waals surface area contributed by atoms with Crippen molar-refractivity contribution in [2.24, 2.45) is 0 Å². The van der Waals surface area contributed by atoms with Crippen LogP contribution in [0.2, 0.25) is 0 Å². The number of aryl methyl sites for hydroxylation is 1. The Hall–Kier alpha value is -1.95. The third-order valence-corrected chi connectivity index (χ3v) is 3.36. The maximum absolute atomic E-state index is 12.7. The lowest BCUT2D eigenvalue weighted by atomic mass is 9.98. The molecule has 1 fully saturated rings. The van der Waals surface area contributed by atoms with Gasteiger partial charge >= 0.3 is 5.97 Å². The standard InChI is InChI=1S/C14H16FNO4/c15-11-4-1-10(2-5-11)3-6-12(17)16-14(13(18)19)7-8-20-9-14/h1-2,4-5H,3,6-9H2,(H,16,17)(H,18,19). The topological polar surface area (TPSA) is 75.6 Å². The van der Waals surface area contributed by atoms with Gasteiger partial charge in [-0.2, -0.15) is 0 Å². The van der Waals surface area contributed by atoms with E-state index in [-0.39, 0.29) is 31.2 Å². The van der Waals surface area contributed by atoms with E-state index in [4.69, 9.17) is 4.74 Å². The lowest BCUT2D eigenvalue weighted by molar-refractivity contribution is -0.147. The van der Waals surface area contributed by atoms with Gasteiger partial charge in [0.1, 0.15) is 5.82 Å². The fourth-order valence-electron chi connectivity index (χ4n) is 2.12. The smallest absolute Gasteiger partial charge is 0.331 e. The number of ether oxygens (including phenoxy) is 1. The molecule has 2 rings (SSSR count). The van der Waals surface area contributed by atoms with Gasteiger partial charge in [0, 0.05) is 19.4 Å². The van der Waals surface area contributed by atoms with Crippen LogP contribution in [0.3, 0.4) is 0 Å². The Labute approximate surface area is 115 Å². The van der Waals surface area contributed by atoms with Crippen molar-refractivity contribution in [1.82, 2.24) is 5.32 Å². The first kappa shape index (κ1) is 14.5. The molecule has 6 heteroatoms. The van der Waals surface area contributed by atoms with Crippen LogP contribution in [0.1, 0.15) is 18.4 Å². The van der Waals surface area contributed by atoms with Gasteiger partial charge < -0.3 is 15.2 Å². The fourth-order valence-corrected chi connectivity index (χ4v) is 2.12. The van der Waals surface area contributed by atoms with Crippen LogP contribution in [0.4, 0.5) is 4.39 Å². The Kier molecular flexibility index (Phi) is 4.34. The number of benzene rings is 1. The number of aliphatic carboxylic acids is 1. The molecule has 1 aliphatic heterocycles. The van der Waals surface area contributed by atoms with Crippen LogP contribution in [-0.4, -0.2) is 35.7 Å². The monoisotopic (exact) mass is 281 g/mol. The molecule has 0 aliphatic carbocycles. The molecule has 1 saturated heterocycles. The number of carbonyl (C=O) groups is 2. The Bertz CT molecular complexity index is 494. The molecule has 20 heavy (non-hydrogen) atoms. The largest absolute Gasteiger partial charge is 0.479 e. The lowest BCUT2D eigenvalue weighted by Gasteiger charge is -2.23. The van der Waals surface area contributed by atoms with E-state index in [0.29, 0.717) is 13.0 Å². The summed E-state index contributed by atoms with van der Waals surface area (Å²) in [5, 5.41) is 11.7. The van der Waals surface area contributed by atoms with Gasteiger partial charge in [-0.25, -0.2) is 9.18 Å². The average Bonchev–Trinajstić information content (AvgIpc) is 2.88. The van der Waals surface area contributed by atoms with Gasteiger partial charge in [-0.1, -0.05) is 12.1 Å². The molecule has 1 aliphatic rings. The molecule has 2 N–H and O–H groups in total. The SMILES string of the molecule is O=C(CCc1ccc(F)cc1)NC1(C(=O)O)CCOC1. The molecule has 5 nitrogen and oxygen atoms in total. The summed E-state index contributed by atoms with van der Waals surface area (Å²) in [5.74, 6) is -1.75. The minimum absolute atomic E-state index is 0.00930. The van der Waals surface area contributed by atoms with Crippen molar-refractivity contribution in [2.45, 2.75) is 24.8 Å². The van der Waals surface area contributed by atoms with E-state index in [1.807, 2.05) is 0 Å². The summed E-state index contributed by atoms with van der Waals surface area (Å²) in [7, 11) is 0. The van der Waals surface area contributed by atoms with Crippen LogP contribution in [0.5, 0.6) is 0 Å². The van der Waals surface area contributed by atoms with Crippen molar-refractivity contribution in [3.63, 3.8) is 0 Å². The van der Waals surface area contributed by atoms with Crippen LogP contribution in [-0.2, 0) is 20.7 Å². The molecule has 0 bridgehead atoms. The molecule has 0 aromatic heterocycles. The fraction of sp³-hybridized carbons (Fsp3) is 0.429. The summed E-state index contributed by atoms with van der Waals surface area (Å²) in [4.78, 5) is 23.1. The number of nitrogens with one attached hydrogen (secondary N) is 1. The zero-order valence-electron chi connectivity index (χ0n) is 10.9. The van der Waals surface area contributed by atoms with Crippen molar-refractivity contribution in [3.8, 4) is 0 Å². The highest BCUT2D eigenvalue weighted by Crippen LogP contribution is 2.19. The van der Waals surface area contributed by atoms with Gasteiger partial charge in [0.15, 0.2) is 5.54 Å². The summed E-state index contributed by atoms with van der Waals surface area (Å²) in [6, 6.07) is 5.87. The Balaban J connectivity index is 1.89. The maximum atomic E-state index is 12.7. The lowest BCUT2D eigenvalue weighted by Crippen LogP contribution is -2.55. The third kappa shape index (κ3) is 3.33. The molecule has 0 spiro atoms. The molecule has 1 unspecified atom stereocenters. The van der Waals surface area contributed by atoms with E-state index in [9.17, 15) is 19.1 Å². The zero-order chi connectivity index (χ0) is 14.6. The van der Waals surface area contributed by atoms with Gasteiger partial charge in [0.05, 0.1) is 6.61 Å². The highest BCUT2D eigenvalue weighted by molar-refractivity contribution is 5.87. The van der Waals surface area contributed by atoms with E-state index in [1.165, 1.54) is 12.1 Å². The van der Waals surface area contributed by atoms with Gasteiger partial charge in [0.2, 0.25) is 5.91 Å². The molecular weight excluding hydrogens is 265 g/mol. The average molecular weight is 281 g/mol. The first-order chi connectivity index (χ1) is 9.52. The predicted molar refractivity (Wildman–Crippen MR) is 68.7 cm³/mol. The normalized spacial score (nSPS) is 21.6. The summed E-state index contributed by atoms with van der Waals surface area (Å²) >= 11 is 0. The Morgan fingerprint density at radius 1 is 1.35 bits per heavy atom. The number of carboxylic acid groups (broad SMARTS) is 1. The van der Waals surface area contributed by atoms with Crippen LogP contribution in [0, 0.1) is 5.82 Å². The van der Waals surface area contributed by atoms with E-state index >= 15 is 0 Å². The number of carbonyl (C=O) groups excluding carboxylic acids is 1. The molecule has 0 radical (unpaired) electrons. The van der Waals surface area contributed by atoms with Crippen LogP contribution in [0.15, 0.2) is 24.3 Å². The van der Waals surface area contributed by atoms with Gasteiger partial charge in [-0.15, -0.1) is 0 Å². The number of carboxylic acids is 1. The van der Waals surface area contributed by atoms with Crippen LogP contribution in [0.25, 0.3) is 0 Å². The molecule has 1 atom stereocenters. The number of halogens is 1. The molecule has 0 saturated carbocycles.